The third kappa shape index (κ3) is 4.37. The van der Waals surface area contributed by atoms with E-state index in [1.807, 2.05) is 11.8 Å². The predicted molar refractivity (Wildman–Crippen MR) is 85.7 cm³/mol. The van der Waals surface area contributed by atoms with Gasteiger partial charge in [-0.05, 0) is 43.6 Å². The lowest BCUT2D eigenvalue weighted by Gasteiger charge is -2.31. The summed E-state index contributed by atoms with van der Waals surface area (Å²) in [6, 6.07) is 0. The zero-order valence-corrected chi connectivity index (χ0v) is 13.7. The first-order valence-corrected chi connectivity index (χ1v) is 8.35. The predicted octanol–water partition coefficient (Wildman–Crippen LogP) is 1.78. The fraction of sp³-hybridized carbons (Fsp3) is 0.600. The molecule has 0 aromatic carbocycles. The summed E-state index contributed by atoms with van der Waals surface area (Å²) >= 11 is 1.16. The summed E-state index contributed by atoms with van der Waals surface area (Å²) in [5, 5.41) is 6.85. The van der Waals surface area contributed by atoms with Crippen LogP contribution in [-0.2, 0) is 4.79 Å². The van der Waals surface area contributed by atoms with Gasteiger partial charge in [0, 0.05) is 26.1 Å². The van der Waals surface area contributed by atoms with Crippen molar-refractivity contribution in [3.8, 4) is 0 Å². The van der Waals surface area contributed by atoms with Crippen LogP contribution in [0.25, 0.3) is 0 Å². The van der Waals surface area contributed by atoms with Gasteiger partial charge in [0.25, 0.3) is 5.91 Å². The number of allylic oxidation sites excluding steroid dienone is 1. The minimum absolute atomic E-state index is 0.0287. The first kappa shape index (κ1) is 16.6. The molecule has 1 saturated heterocycles. The van der Waals surface area contributed by atoms with Gasteiger partial charge in [0.05, 0.1) is 5.69 Å². The van der Waals surface area contributed by atoms with Crippen LogP contribution in [0.15, 0.2) is 12.7 Å². The van der Waals surface area contributed by atoms with E-state index >= 15 is 0 Å². The average Bonchev–Trinajstić information content (AvgIpc) is 2.96. The maximum atomic E-state index is 12.3. The molecule has 1 aromatic heterocycles. The van der Waals surface area contributed by atoms with Crippen LogP contribution in [-0.4, -0.2) is 45.9 Å². The van der Waals surface area contributed by atoms with Crippen LogP contribution in [0.2, 0.25) is 0 Å². The summed E-state index contributed by atoms with van der Waals surface area (Å²) in [7, 11) is 0. The van der Waals surface area contributed by atoms with Crippen molar-refractivity contribution in [2.24, 2.45) is 5.92 Å². The van der Waals surface area contributed by atoms with Crippen molar-refractivity contribution in [3.05, 3.63) is 23.2 Å². The Labute approximate surface area is 134 Å². The molecule has 120 valence electrons. The Kier molecular flexibility index (Phi) is 6.06. The number of rotatable bonds is 6. The standard InChI is InChI=1S/C15H22N4O2S/c1-3-4-5-13(20)16-10-12-6-8-19(9-7-12)15(21)14-11(2)17-18-22-14/h3,12H,1,4-10H2,2H3,(H,16,20). The monoisotopic (exact) mass is 322 g/mol. The average molecular weight is 322 g/mol. The Morgan fingerprint density at radius 1 is 1.45 bits per heavy atom. The van der Waals surface area contributed by atoms with E-state index in [4.69, 9.17) is 0 Å². The van der Waals surface area contributed by atoms with E-state index in [0.29, 0.717) is 35.9 Å². The second-order valence-corrected chi connectivity index (χ2v) is 6.31. The van der Waals surface area contributed by atoms with E-state index < -0.39 is 0 Å². The summed E-state index contributed by atoms with van der Waals surface area (Å²) in [6.45, 7) is 7.56. The molecule has 0 spiro atoms. The normalized spacial score (nSPS) is 15.6. The van der Waals surface area contributed by atoms with Crippen LogP contribution in [0.4, 0.5) is 0 Å². The minimum atomic E-state index is 0.0287. The van der Waals surface area contributed by atoms with E-state index in [2.05, 4.69) is 21.5 Å². The van der Waals surface area contributed by atoms with Crippen molar-refractivity contribution in [2.75, 3.05) is 19.6 Å². The molecule has 0 unspecified atom stereocenters. The molecule has 1 aromatic rings. The lowest BCUT2D eigenvalue weighted by atomic mass is 9.96. The highest BCUT2D eigenvalue weighted by atomic mass is 32.1. The second kappa shape index (κ2) is 8.03. The van der Waals surface area contributed by atoms with Gasteiger partial charge in [0.1, 0.15) is 4.88 Å². The molecule has 0 saturated carbocycles. The topological polar surface area (TPSA) is 75.2 Å². The van der Waals surface area contributed by atoms with Gasteiger partial charge in [-0.3, -0.25) is 9.59 Å². The van der Waals surface area contributed by atoms with Crippen molar-refractivity contribution in [3.63, 3.8) is 0 Å². The molecular weight excluding hydrogens is 300 g/mol. The third-order valence-corrected chi connectivity index (χ3v) is 4.73. The van der Waals surface area contributed by atoms with Crippen LogP contribution in [0.3, 0.4) is 0 Å². The fourth-order valence-electron chi connectivity index (χ4n) is 2.49. The summed E-state index contributed by atoms with van der Waals surface area (Å²) in [5.74, 6) is 0.545. The Morgan fingerprint density at radius 2 is 2.18 bits per heavy atom. The number of hydrogen-bond acceptors (Lipinski definition) is 5. The van der Waals surface area contributed by atoms with E-state index in [0.717, 1.165) is 37.5 Å². The maximum Gasteiger partial charge on any atom is 0.267 e. The summed E-state index contributed by atoms with van der Waals surface area (Å²) in [4.78, 5) is 26.4. The smallest absolute Gasteiger partial charge is 0.267 e. The lowest BCUT2D eigenvalue weighted by Crippen LogP contribution is -2.41. The van der Waals surface area contributed by atoms with Crippen molar-refractivity contribution < 1.29 is 9.59 Å². The molecule has 0 radical (unpaired) electrons. The van der Waals surface area contributed by atoms with Crippen LogP contribution in [0.1, 0.15) is 41.0 Å². The number of carbonyl (C=O) groups excluding carboxylic acids is 2. The van der Waals surface area contributed by atoms with E-state index in [9.17, 15) is 9.59 Å². The molecule has 2 heterocycles. The van der Waals surface area contributed by atoms with Crippen LogP contribution < -0.4 is 5.32 Å². The molecule has 1 aliphatic rings. The second-order valence-electron chi connectivity index (χ2n) is 5.55. The number of nitrogens with zero attached hydrogens (tertiary/aromatic N) is 3. The van der Waals surface area contributed by atoms with Gasteiger partial charge in [-0.1, -0.05) is 10.6 Å². The molecule has 22 heavy (non-hydrogen) atoms. The first-order chi connectivity index (χ1) is 10.6. The van der Waals surface area contributed by atoms with Gasteiger partial charge >= 0.3 is 0 Å². The van der Waals surface area contributed by atoms with Gasteiger partial charge in [0.15, 0.2) is 0 Å². The quantitative estimate of drug-likeness (QED) is 0.810. The van der Waals surface area contributed by atoms with Gasteiger partial charge in [0.2, 0.25) is 5.91 Å². The number of hydrogen-bond donors (Lipinski definition) is 1. The zero-order valence-electron chi connectivity index (χ0n) is 12.9. The zero-order chi connectivity index (χ0) is 15.9. The molecule has 1 N–H and O–H groups in total. The van der Waals surface area contributed by atoms with Gasteiger partial charge < -0.3 is 10.2 Å². The van der Waals surface area contributed by atoms with Crippen LogP contribution in [0, 0.1) is 12.8 Å². The highest BCUT2D eigenvalue weighted by Gasteiger charge is 2.26. The molecule has 2 rings (SSSR count). The number of aromatic nitrogens is 2. The molecular formula is C15H22N4O2S. The molecule has 0 bridgehead atoms. The number of aryl methyl sites for hydroxylation is 1. The van der Waals surface area contributed by atoms with Gasteiger partial charge in [-0.2, -0.15) is 0 Å². The van der Waals surface area contributed by atoms with Crippen molar-refractivity contribution in [2.45, 2.75) is 32.6 Å². The fourth-order valence-corrected chi connectivity index (χ4v) is 3.12. The Hall–Kier alpha value is -1.76. The number of likely N-dealkylation sites (tertiary alicyclic amines) is 1. The Morgan fingerprint density at radius 3 is 2.77 bits per heavy atom. The van der Waals surface area contributed by atoms with Gasteiger partial charge in [-0.15, -0.1) is 11.7 Å². The lowest BCUT2D eigenvalue weighted by molar-refractivity contribution is -0.121. The molecule has 0 aliphatic carbocycles. The third-order valence-electron chi connectivity index (χ3n) is 3.91. The Balaban J connectivity index is 1.74. The number of amides is 2. The van der Waals surface area contributed by atoms with E-state index in [1.54, 1.807) is 6.08 Å². The van der Waals surface area contributed by atoms with Crippen molar-refractivity contribution in [1.82, 2.24) is 19.8 Å². The molecule has 2 amide bonds. The largest absolute Gasteiger partial charge is 0.356 e. The summed E-state index contributed by atoms with van der Waals surface area (Å²) < 4.78 is 3.82. The SMILES string of the molecule is C=CCCC(=O)NCC1CCN(C(=O)c2snnc2C)CC1. The van der Waals surface area contributed by atoms with E-state index in [1.165, 1.54) is 0 Å². The van der Waals surface area contributed by atoms with Crippen LogP contribution >= 0.6 is 11.5 Å². The molecule has 1 fully saturated rings. The molecule has 7 heteroatoms. The highest BCUT2D eigenvalue weighted by Crippen LogP contribution is 2.20. The number of piperidine rings is 1. The van der Waals surface area contributed by atoms with E-state index in [-0.39, 0.29) is 11.8 Å². The molecule has 6 nitrogen and oxygen atoms in total. The highest BCUT2D eigenvalue weighted by molar-refractivity contribution is 7.07. The Bertz CT molecular complexity index is 535. The number of carbonyl (C=O) groups is 2. The maximum absolute atomic E-state index is 12.3. The van der Waals surface area contributed by atoms with Gasteiger partial charge in [-0.25, -0.2) is 0 Å². The summed E-state index contributed by atoms with van der Waals surface area (Å²) in [5.41, 5.74) is 0.701. The van der Waals surface area contributed by atoms with Crippen molar-refractivity contribution >= 4 is 23.3 Å². The molecule has 0 atom stereocenters. The number of nitrogens with one attached hydrogen (secondary N) is 1. The minimum Gasteiger partial charge on any atom is -0.356 e. The molecule has 1 aliphatic heterocycles. The van der Waals surface area contributed by atoms with Crippen LogP contribution in [0.5, 0.6) is 0 Å². The summed E-state index contributed by atoms with van der Waals surface area (Å²) in [6.07, 6.45) is 4.79. The van der Waals surface area contributed by atoms with Crippen molar-refractivity contribution in [1.29, 1.82) is 0 Å². The first-order valence-electron chi connectivity index (χ1n) is 7.57.